The van der Waals surface area contributed by atoms with Crippen LogP contribution in [0.1, 0.15) is 5.56 Å². The second-order valence-electron chi connectivity index (χ2n) is 3.53. The molecule has 1 aromatic carbocycles. The first-order valence-electron chi connectivity index (χ1n) is 4.88. The van der Waals surface area contributed by atoms with Gasteiger partial charge in [-0.05, 0) is 19.1 Å². The number of anilines is 1. The molecule has 2 nitrogen and oxygen atoms in total. The van der Waals surface area contributed by atoms with E-state index >= 15 is 0 Å². The molecule has 15 heavy (non-hydrogen) atoms. The highest BCUT2D eigenvalue weighted by molar-refractivity contribution is 9.09. The van der Waals surface area contributed by atoms with E-state index in [1.165, 1.54) is 5.56 Å². The number of hydrogen-bond acceptors (Lipinski definition) is 3. The Morgan fingerprint density at radius 3 is 2.80 bits per heavy atom. The van der Waals surface area contributed by atoms with Crippen LogP contribution < -0.4 is 5.32 Å². The van der Waals surface area contributed by atoms with Crippen LogP contribution in [0, 0.1) is 6.92 Å². The quantitative estimate of drug-likeness (QED) is 0.843. The monoisotopic (exact) mass is 284 g/mol. The SMILES string of the molecule is Cc1ccc(NC2=NC[C@H](CBr)S2)cc1. The zero-order valence-corrected chi connectivity index (χ0v) is 10.9. The Labute approximate surface area is 103 Å². The number of nitrogens with zero attached hydrogens (tertiary/aromatic N) is 1. The van der Waals surface area contributed by atoms with Gasteiger partial charge in [0.05, 0.1) is 6.54 Å². The summed E-state index contributed by atoms with van der Waals surface area (Å²) < 4.78 is 0. The molecule has 1 N–H and O–H groups in total. The molecule has 1 aliphatic rings. The number of thioether (sulfide) groups is 1. The number of halogens is 1. The normalized spacial score (nSPS) is 20.1. The summed E-state index contributed by atoms with van der Waals surface area (Å²) in [5.41, 5.74) is 2.39. The molecule has 1 heterocycles. The maximum Gasteiger partial charge on any atom is 0.161 e. The number of aliphatic imine (C=N–C) groups is 1. The average Bonchev–Trinajstić information content (AvgIpc) is 2.69. The van der Waals surface area contributed by atoms with E-state index in [1.54, 1.807) is 11.8 Å². The van der Waals surface area contributed by atoms with E-state index in [0.29, 0.717) is 5.25 Å². The summed E-state index contributed by atoms with van der Waals surface area (Å²) in [7, 11) is 0. The Morgan fingerprint density at radius 1 is 1.47 bits per heavy atom. The van der Waals surface area contributed by atoms with Crippen molar-refractivity contribution in [3.05, 3.63) is 29.8 Å². The molecule has 0 amide bonds. The van der Waals surface area contributed by atoms with Gasteiger partial charge in [-0.3, -0.25) is 4.99 Å². The van der Waals surface area contributed by atoms with Crippen LogP contribution in [0.3, 0.4) is 0 Å². The minimum absolute atomic E-state index is 0.581. The second kappa shape index (κ2) is 5.03. The van der Waals surface area contributed by atoms with Crippen LogP contribution in [0.4, 0.5) is 5.69 Å². The third kappa shape index (κ3) is 2.98. The molecule has 1 aliphatic heterocycles. The van der Waals surface area contributed by atoms with Gasteiger partial charge in [0.25, 0.3) is 0 Å². The Hall–Kier alpha value is -0.480. The molecule has 0 spiro atoms. The summed E-state index contributed by atoms with van der Waals surface area (Å²) in [5.74, 6) is 0. The minimum atomic E-state index is 0.581. The molecule has 0 fully saturated rings. The van der Waals surface area contributed by atoms with Crippen molar-refractivity contribution in [1.29, 1.82) is 0 Å². The Balaban J connectivity index is 1.95. The molecule has 4 heteroatoms. The van der Waals surface area contributed by atoms with Gasteiger partial charge in [-0.1, -0.05) is 45.4 Å². The summed E-state index contributed by atoms with van der Waals surface area (Å²) in [6, 6.07) is 8.37. The molecule has 80 valence electrons. The van der Waals surface area contributed by atoms with Crippen LogP contribution in [0.2, 0.25) is 0 Å². The zero-order valence-electron chi connectivity index (χ0n) is 8.53. The van der Waals surface area contributed by atoms with Crippen molar-refractivity contribution in [2.24, 2.45) is 4.99 Å². The Kier molecular flexibility index (Phi) is 3.70. The van der Waals surface area contributed by atoms with Crippen LogP contribution in [0.15, 0.2) is 29.3 Å². The average molecular weight is 285 g/mol. The highest BCUT2D eigenvalue weighted by Gasteiger charge is 2.17. The number of amidine groups is 1. The number of aryl methyl sites for hydroxylation is 1. The first-order valence-corrected chi connectivity index (χ1v) is 6.89. The molecule has 0 saturated carbocycles. The Morgan fingerprint density at radius 2 is 2.20 bits per heavy atom. The van der Waals surface area contributed by atoms with Crippen molar-refractivity contribution in [1.82, 2.24) is 0 Å². The van der Waals surface area contributed by atoms with E-state index in [2.05, 4.69) is 57.4 Å². The van der Waals surface area contributed by atoms with Gasteiger partial charge in [-0.15, -0.1) is 0 Å². The largest absolute Gasteiger partial charge is 0.335 e. The van der Waals surface area contributed by atoms with Crippen LogP contribution in [0.5, 0.6) is 0 Å². The topological polar surface area (TPSA) is 24.4 Å². The smallest absolute Gasteiger partial charge is 0.161 e. The molecular weight excluding hydrogens is 272 g/mol. The lowest BCUT2D eigenvalue weighted by Crippen LogP contribution is -2.08. The molecule has 0 aromatic heterocycles. The maximum atomic E-state index is 4.44. The summed E-state index contributed by atoms with van der Waals surface area (Å²) in [4.78, 5) is 4.44. The minimum Gasteiger partial charge on any atom is -0.335 e. The van der Waals surface area contributed by atoms with Gasteiger partial charge in [-0.25, -0.2) is 0 Å². The first-order chi connectivity index (χ1) is 7.28. The highest BCUT2D eigenvalue weighted by Crippen LogP contribution is 2.23. The van der Waals surface area contributed by atoms with E-state index in [4.69, 9.17) is 0 Å². The van der Waals surface area contributed by atoms with Crippen LogP contribution in [-0.2, 0) is 0 Å². The van der Waals surface area contributed by atoms with Crippen LogP contribution >= 0.6 is 27.7 Å². The predicted octanol–water partition coefficient (Wildman–Crippen LogP) is 3.27. The van der Waals surface area contributed by atoms with E-state index in [9.17, 15) is 0 Å². The molecule has 0 saturated heterocycles. The van der Waals surface area contributed by atoms with Crippen LogP contribution in [-0.4, -0.2) is 22.3 Å². The van der Waals surface area contributed by atoms with Crippen molar-refractivity contribution < 1.29 is 0 Å². The second-order valence-corrected chi connectivity index (χ2v) is 5.47. The van der Waals surface area contributed by atoms with Crippen molar-refractivity contribution in [2.75, 3.05) is 17.2 Å². The summed E-state index contributed by atoms with van der Waals surface area (Å²) in [6.45, 7) is 3.00. The summed E-state index contributed by atoms with van der Waals surface area (Å²) in [5, 5.41) is 5.94. The lowest BCUT2D eigenvalue weighted by atomic mass is 10.2. The highest BCUT2D eigenvalue weighted by atomic mass is 79.9. The zero-order chi connectivity index (χ0) is 10.7. The van der Waals surface area contributed by atoms with Crippen LogP contribution in [0.25, 0.3) is 0 Å². The molecular formula is C11H13BrN2S. The molecule has 0 unspecified atom stereocenters. The van der Waals surface area contributed by atoms with Gasteiger partial charge < -0.3 is 5.32 Å². The number of hydrogen-bond donors (Lipinski definition) is 1. The van der Waals surface area contributed by atoms with Gasteiger partial charge in [0, 0.05) is 16.3 Å². The predicted molar refractivity (Wildman–Crippen MR) is 72.3 cm³/mol. The van der Waals surface area contributed by atoms with E-state index in [-0.39, 0.29) is 0 Å². The van der Waals surface area contributed by atoms with Gasteiger partial charge in [-0.2, -0.15) is 0 Å². The molecule has 0 bridgehead atoms. The first kappa shape index (κ1) is 11.0. The van der Waals surface area contributed by atoms with Gasteiger partial charge in [0.1, 0.15) is 0 Å². The van der Waals surface area contributed by atoms with Crippen molar-refractivity contribution in [2.45, 2.75) is 12.2 Å². The number of benzene rings is 1. The van der Waals surface area contributed by atoms with Gasteiger partial charge in [0.15, 0.2) is 5.17 Å². The molecule has 0 aliphatic carbocycles. The molecule has 1 aromatic rings. The summed E-state index contributed by atoms with van der Waals surface area (Å²) >= 11 is 5.28. The van der Waals surface area contributed by atoms with Crippen molar-refractivity contribution in [3.63, 3.8) is 0 Å². The third-order valence-electron chi connectivity index (χ3n) is 2.19. The van der Waals surface area contributed by atoms with E-state index in [1.807, 2.05) is 0 Å². The third-order valence-corrected chi connectivity index (χ3v) is 4.51. The fourth-order valence-electron chi connectivity index (χ4n) is 1.33. The van der Waals surface area contributed by atoms with Crippen molar-refractivity contribution >= 4 is 38.5 Å². The lowest BCUT2D eigenvalue weighted by molar-refractivity contribution is 0.993. The standard InChI is InChI=1S/C11H13BrN2S/c1-8-2-4-9(5-3-8)14-11-13-7-10(6-12)15-11/h2-5,10H,6-7H2,1H3,(H,13,14)/t10-/m0/s1. The van der Waals surface area contributed by atoms with E-state index < -0.39 is 0 Å². The fraction of sp³-hybridized carbons (Fsp3) is 0.364. The lowest BCUT2D eigenvalue weighted by Gasteiger charge is -2.06. The maximum absolute atomic E-state index is 4.44. The molecule has 2 rings (SSSR count). The van der Waals surface area contributed by atoms with Gasteiger partial charge >= 0.3 is 0 Å². The fourth-order valence-corrected chi connectivity index (χ4v) is 2.78. The van der Waals surface area contributed by atoms with Crippen molar-refractivity contribution in [3.8, 4) is 0 Å². The molecule has 0 radical (unpaired) electrons. The summed E-state index contributed by atoms with van der Waals surface area (Å²) in [6.07, 6.45) is 0. The van der Waals surface area contributed by atoms with Gasteiger partial charge in [0.2, 0.25) is 0 Å². The van der Waals surface area contributed by atoms with E-state index in [0.717, 1.165) is 22.7 Å². The number of alkyl halides is 1. The Bertz CT molecular complexity index is 361. The number of nitrogens with one attached hydrogen (secondary N) is 1. The number of rotatable bonds is 2. The molecule has 1 atom stereocenters.